The molecule has 0 spiro atoms. The van der Waals surface area contributed by atoms with Crippen molar-refractivity contribution in [2.24, 2.45) is 5.73 Å². The third kappa shape index (κ3) is 6.71. The smallest absolute Gasteiger partial charge is 0.0343 e. The van der Waals surface area contributed by atoms with Crippen LogP contribution in [0.1, 0.15) is 25.0 Å². The predicted octanol–water partition coefficient (Wildman–Crippen LogP) is 3.75. The normalized spacial score (nSPS) is 8.44. The highest BCUT2D eigenvalue weighted by Gasteiger charge is 1.84. The quantitative estimate of drug-likeness (QED) is 0.751. The minimum absolute atomic E-state index is 0.640. The van der Waals surface area contributed by atoms with Gasteiger partial charge in [0.1, 0.15) is 0 Å². The highest BCUT2D eigenvalue weighted by Crippen LogP contribution is 2.06. The monoisotopic (exact) mass is 244 g/mol. The molecule has 2 heteroatoms. The number of nitrogen functional groups attached to an aromatic ring is 1. The molecule has 0 heterocycles. The molecule has 0 bridgehead atoms. The Kier molecular flexibility index (Phi) is 9.32. The zero-order chi connectivity index (χ0) is 13.8. The third-order valence-electron chi connectivity index (χ3n) is 2.27. The van der Waals surface area contributed by atoms with Gasteiger partial charge < -0.3 is 11.5 Å². The molecule has 0 saturated heterocycles. The van der Waals surface area contributed by atoms with Gasteiger partial charge in [0, 0.05) is 12.2 Å². The highest BCUT2D eigenvalue weighted by molar-refractivity contribution is 5.44. The first-order chi connectivity index (χ1) is 8.74. The van der Waals surface area contributed by atoms with E-state index < -0.39 is 0 Å². The Morgan fingerprint density at radius 2 is 1.33 bits per heavy atom. The van der Waals surface area contributed by atoms with Crippen molar-refractivity contribution < 1.29 is 0 Å². The van der Waals surface area contributed by atoms with Crippen molar-refractivity contribution in [2.75, 3.05) is 5.73 Å². The van der Waals surface area contributed by atoms with Gasteiger partial charge >= 0.3 is 0 Å². The summed E-state index contributed by atoms with van der Waals surface area (Å²) in [4.78, 5) is 0. The SMILES string of the molecule is CC.Cc1ccccc1N.NCc1ccccc1. The zero-order valence-corrected chi connectivity index (χ0v) is 11.6. The van der Waals surface area contributed by atoms with Crippen molar-refractivity contribution in [1.82, 2.24) is 0 Å². The molecule has 0 radical (unpaired) electrons. The summed E-state index contributed by atoms with van der Waals surface area (Å²) in [5.41, 5.74) is 14.1. The van der Waals surface area contributed by atoms with Crippen molar-refractivity contribution in [3.05, 3.63) is 65.7 Å². The van der Waals surface area contributed by atoms with Crippen LogP contribution in [0.2, 0.25) is 0 Å². The van der Waals surface area contributed by atoms with E-state index in [9.17, 15) is 0 Å². The van der Waals surface area contributed by atoms with Crippen LogP contribution in [0.3, 0.4) is 0 Å². The van der Waals surface area contributed by atoms with E-state index in [0.29, 0.717) is 6.54 Å². The molecule has 0 fully saturated rings. The first kappa shape index (κ1) is 16.2. The summed E-state index contributed by atoms with van der Waals surface area (Å²) in [7, 11) is 0. The number of hydrogen-bond acceptors (Lipinski definition) is 2. The van der Waals surface area contributed by atoms with Gasteiger partial charge in [0.05, 0.1) is 0 Å². The van der Waals surface area contributed by atoms with Gasteiger partial charge in [0.2, 0.25) is 0 Å². The lowest BCUT2D eigenvalue weighted by Crippen LogP contribution is -1.94. The molecule has 0 saturated carbocycles. The second-order valence-electron chi connectivity index (χ2n) is 3.55. The van der Waals surface area contributed by atoms with Gasteiger partial charge in [-0.2, -0.15) is 0 Å². The standard InChI is InChI=1S/2C7H9N.C2H6/c1-6-4-2-3-5-7(6)8;8-6-7-4-2-1-3-5-7;1-2/h2-5H,8H2,1H3;1-5H,6,8H2;1-2H3. The van der Waals surface area contributed by atoms with Crippen LogP contribution in [0, 0.1) is 6.92 Å². The first-order valence-corrected chi connectivity index (χ1v) is 6.29. The molecule has 0 aliphatic heterocycles. The van der Waals surface area contributed by atoms with Crippen molar-refractivity contribution in [2.45, 2.75) is 27.3 Å². The lowest BCUT2D eigenvalue weighted by Gasteiger charge is -1.93. The summed E-state index contributed by atoms with van der Waals surface area (Å²) in [6.07, 6.45) is 0. The van der Waals surface area contributed by atoms with Crippen LogP contribution < -0.4 is 11.5 Å². The summed E-state index contributed by atoms with van der Waals surface area (Å²) in [6, 6.07) is 17.8. The molecule has 0 unspecified atom stereocenters. The summed E-state index contributed by atoms with van der Waals surface area (Å²) >= 11 is 0. The van der Waals surface area contributed by atoms with E-state index >= 15 is 0 Å². The highest BCUT2D eigenvalue weighted by atomic mass is 14.5. The fraction of sp³-hybridized carbons (Fsp3) is 0.250. The minimum Gasteiger partial charge on any atom is -0.399 e. The average Bonchev–Trinajstić information content (AvgIpc) is 2.46. The number of aryl methyl sites for hydroxylation is 1. The number of anilines is 1. The van der Waals surface area contributed by atoms with Crippen molar-refractivity contribution in [3.63, 3.8) is 0 Å². The Balaban J connectivity index is 0.000000283. The zero-order valence-electron chi connectivity index (χ0n) is 11.6. The topological polar surface area (TPSA) is 52.0 Å². The van der Waals surface area contributed by atoms with Crippen LogP contribution in [0.4, 0.5) is 5.69 Å². The van der Waals surface area contributed by atoms with E-state index in [1.165, 1.54) is 5.56 Å². The molecule has 2 aromatic rings. The Labute approximate surface area is 111 Å². The van der Waals surface area contributed by atoms with Crippen molar-refractivity contribution in [1.29, 1.82) is 0 Å². The summed E-state index contributed by atoms with van der Waals surface area (Å²) in [5, 5.41) is 0. The lowest BCUT2D eigenvalue weighted by atomic mass is 10.2. The van der Waals surface area contributed by atoms with E-state index in [4.69, 9.17) is 11.5 Å². The van der Waals surface area contributed by atoms with Crippen LogP contribution in [-0.2, 0) is 6.54 Å². The molecule has 0 aliphatic carbocycles. The van der Waals surface area contributed by atoms with Gasteiger partial charge in [0.15, 0.2) is 0 Å². The van der Waals surface area contributed by atoms with Crippen molar-refractivity contribution >= 4 is 5.69 Å². The second-order valence-corrected chi connectivity index (χ2v) is 3.55. The maximum absolute atomic E-state index is 5.52. The summed E-state index contributed by atoms with van der Waals surface area (Å²) in [6.45, 7) is 6.64. The van der Waals surface area contributed by atoms with Crippen molar-refractivity contribution in [3.8, 4) is 0 Å². The van der Waals surface area contributed by atoms with Crippen LogP contribution in [0.15, 0.2) is 54.6 Å². The molecular weight excluding hydrogens is 220 g/mol. The number of hydrogen-bond donors (Lipinski definition) is 2. The minimum atomic E-state index is 0.640. The van der Waals surface area contributed by atoms with Crippen LogP contribution in [0.25, 0.3) is 0 Å². The van der Waals surface area contributed by atoms with Gasteiger partial charge in [-0.15, -0.1) is 0 Å². The van der Waals surface area contributed by atoms with E-state index in [0.717, 1.165) is 11.3 Å². The van der Waals surface area contributed by atoms with E-state index in [1.54, 1.807) is 0 Å². The summed E-state index contributed by atoms with van der Waals surface area (Å²) < 4.78 is 0. The van der Waals surface area contributed by atoms with E-state index in [-0.39, 0.29) is 0 Å². The van der Waals surface area contributed by atoms with Gasteiger partial charge in [-0.3, -0.25) is 0 Å². The fourth-order valence-electron chi connectivity index (χ4n) is 1.20. The number of rotatable bonds is 1. The number of para-hydroxylation sites is 1. The molecule has 4 N–H and O–H groups in total. The lowest BCUT2D eigenvalue weighted by molar-refractivity contribution is 1.07. The average molecular weight is 244 g/mol. The molecule has 2 nitrogen and oxygen atoms in total. The molecule has 18 heavy (non-hydrogen) atoms. The molecule has 2 aromatic carbocycles. The Morgan fingerprint density at radius 3 is 1.67 bits per heavy atom. The third-order valence-corrected chi connectivity index (χ3v) is 2.27. The Morgan fingerprint density at radius 1 is 0.833 bits per heavy atom. The van der Waals surface area contributed by atoms with Gasteiger partial charge in [-0.05, 0) is 24.1 Å². The fourth-order valence-corrected chi connectivity index (χ4v) is 1.20. The molecule has 2 rings (SSSR count). The molecule has 0 aliphatic rings. The van der Waals surface area contributed by atoms with E-state index in [2.05, 4.69) is 0 Å². The van der Waals surface area contributed by atoms with Gasteiger partial charge in [-0.25, -0.2) is 0 Å². The maximum atomic E-state index is 5.52. The molecule has 0 atom stereocenters. The molecule has 0 aromatic heterocycles. The van der Waals surface area contributed by atoms with Gasteiger partial charge in [-0.1, -0.05) is 62.4 Å². The number of benzene rings is 2. The second kappa shape index (κ2) is 10.4. The largest absolute Gasteiger partial charge is 0.399 e. The first-order valence-electron chi connectivity index (χ1n) is 6.29. The maximum Gasteiger partial charge on any atom is 0.0343 e. The van der Waals surface area contributed by atoms with Crippen LogP contribution in [-0.4, -0.2) is 0 Å². The molecule has 0 amide bonds. The van der Waals surface area contributed by atoms with Gasteiger partial charge in [0.25, 0.3) is 0 Å². The molecule has 98 valence electrons. The Hall–Kier alpha value is -1.80. The van der Waals surface area contributed by atoms with Crippen LogP contribution >= 0.6 is 0 Å². The number of nitrogens with two attached hydrogens (primary N) is 2. The van der Waals surface area contributed by atoms with Crippen LogP contribution in [0.5, 0.6) is 0 Å². The molecular formula is C16H24N2. The Bertz CT molecular complexity index is 389. The summed E-state index contributed by atoms with van der Waals surface area (Å²) in [5.74, 6) is 0. The predicted molar refractivity (Wildman–Crippen MR) is 81.3 cm³/mol. The van der Waals surface area contributed by atoms with E-state index in [1.807, 2.05) is 75.4 Å².